The molecule has 1 saturated heterocycles. The van der Waals surface area contributed by atoms with Gasteiger partial charge in [0.2, 0.25) is 0 Å². The predicted octanol–water partition coefficient (Wildman–Crippen LogP) is -1.44. The zero-order valence-corrected chi connectivity index (χ0v) is 7.58. The number of ether oxygens (including phenoxy) is 2. The van der Waals surface area contributed by atoms with Crippen molar-refractivity contribution in [2.24, 2.45) is 0 Å². The molecule has 1 fully saturated rings. The highest BCUT2D eigenvalue weighted by molar-refractivity contribution is 5.74. The van der Waals surface area contributed by atoms with Crippen LogP contribution in [-0.4, -0.2) is 47.7 Å². The number of carbonyl (C=O) groups excluding carboxylic acids is 1. The van der Waals surface area contributed by atoms with Crippen molar-refractivity contribution < 1.29 is 24.5 Å². The van der Waals surface area contributed by atoms with E-state index in [4.69, 9.17) is 10.00 Å². The summed E-state index contributed by atoms with van der Waals surface area (Å²) in [7, 11) is 1.19. The van der Waals surface area contributed by atoms with Gasteiger partial charge in [-0.2, -0.15) is 5.26 Å². The van der Waals surface area contributed by atoms with Crippen molar-refractivity contribution in [1.82, 2.24) is 0 Å². The van der Waals surface area contributed by atoms with Gasteiger partial charge in [-0.05, 0) is 0 Å². The van der Waals surface area contributed by atoms with E-state index < -0.39 is 30.4 Å². The summed E-state index contributed by atoms with van der Waals surface area (Å²) < 4.78 is 9.33. The molecule has 0 aromatic rings. The quantitative estimate of drug-likeness (QED) is 0.504. The van der Waals surface area contributed by atoms with Crippen LogP contribution in [0.4, 0.5) is 0 Å². The largest absolute Gasteiger partial charge is 0.467 e. The fourth-order valence-electron chi connectivity index (χ4n) is 1.26. The molecule has 0 amide bonds. The first-order valence-corrected chi connectivity index (χ1v) is 4.09. The number of hydrogen-bond acceptors (Lipinski definition) is 6. The number of rotatable bonds is 1. The first kappa shape index (κ1) is 10.9. The van der Waals surface area contributed by atoms with Gasteiger partial charge in [0.15, 0.2) is 12.2 Å². The molecule has 0 unspecified atom stereocenters. The minimum absolute atomic E-state index is 0.0635. The Morgan fingerprint density at radius 1 is 1.64 bits per heavy atom. The molecule has 0 bridgehead atoms. The van der Waals surface area contributed by atoms with E-state index in [-0.39, 0.29) is 6.42 Å². The average molecular weight is 201 g/mol. The fraction of sp³-hybridized carbons (Fsp3) is 0.750. The number of carbonyl (C=O) groups is 1. The van der Waals surface area contributed by atoms with Crippen LogP contribution >= 0.6 is 0 Å². The lowest BCUT2D eigenvalue weighted by atomic mass is 9.98. The molecule has 1 heterocycles. The summed E-state index contributed by atoms with van der Waals surface area (Å²) in [6.07, 6.45) is -4.66. The third-order valence-corrected chi connectivity index (χ3v) is 2.06. The maximum atomic E-state index is 11.0. The highest BCUT2D eigenvalue weighted by Crippen LogP contribution is 2.20. The molecule has 1 aliphatic heterocycles. The summed E-state index contributed by atoms with van der Waals surface area (Å²) in [6.45, 7) is 0. The van der Waals surface area contributed by atoms with E-state index in [0.717, 1.165) is 0 Å². The number of esters is 1. The standard InChI is InChI=1S/C8H11NO5/c1-13-8(12)5-2-4(10)7(11)6(3-9)14-5/h4-7,10-11H,2H2,1H3/t4-,5-,6+,7-/m0/s1. The third-order valence-electron chi connectivity index (χ3n) is 2.06. The number of methoxy groups -OCH3 is 1. The Hall–Kier alpha value is -1.16. The molecule has 0 spiro atoms. The maximum Gasteiger partial charge on any atom is 0.335 e. The molecular formula is C8H11NO5. The van der Waals surface area contributed by atoms with Crippen LogP contribution in [0.15, 0.2) is 0 Å². The Balaban J connectivity index is 2.68. The highest BCUT2D eigenvalue weighted by Gasteiger charge is 2.40. The molecule has 0 aliphatic carbocycles. The normalized spacial score (nSPS) is 37.3. The predicted molar refractivity (Wildman–Crippen MR) is 42.9 cm³/mol. The summed E-state index contributed by atoms with van der Waals surface area (Å²) in [5, 5.41) is 27.1. The number of nitrogens with zero attached hydrogens (tertiary/aromatic N) is 1. The van der Waals surface area contributed by atoms with Crippen LogP contribution in [0.2, 0.25) is 0 Å². The van der Waals surface area contributed by atoms with Gasteiger partial charge in [-0.25, -0.2) is 4.79 Å². The van der Waals surface area contributed by atoms with Crippen LogP contribution in [0.1, 0.15) is 6.42 Å². The second-order valence-corrected chi connectivity index (χ2v) is 2.99. The molecule has 6 nitrogen and oxygen atoms in total. The van der Waals surface area contributed by atoms with Crippen LogP contribution in [0.5, 0.6) is 0 Å². The lowest BCUT2D eigenvalue weighted by Gasteiger charge is -2.32. The summed E-state index contributed by atoms with van der Waals surface area (Å²) >= 11 is 0. The fourth-order valence-corrected chi connectivity index (χ4v) is 1.26. The maximum absolute atomic E-state index is 11.0. The number of hydrogen-bond donors (Lipinski definition) is 2. The van der Waals surface area contributed by atoms with E-state index in [1.807, 2.05) is 0 Å². The van der Waals surface area contributed by atoms with Crippen LogP contribution in [-0.2, 0) is 14.3 Å². The lowest BCUT2D eigenvalue weighted by Crippen LogP contribution is -2.50. The topological polar surface area (TPSA) is 99.8 Å². The van der Waals surface area contributed by atoms with Gasteiger partial charge in [0, 0.05) is 6.42 Å². The molecular weight excluding hydrogens is 190 g/mol. The molecule has 2 N–H and O–H groups in total. The van der Waals surface area contributed by atoms with Gasteiger partial charge in [0.1, 0.15) is 6.10 Å². The number of nitriles is 1. The Bertz CT molecular complexity index is 261. The van der Waals surface area contributed by atoms with Crippen molar-refractivity contribution >= 4 is 5.97 Å². The van der Waals surface area contributed by atoms with Crippen molar-refractivity contribution in [2.75, 3.05) is 7.11 Å². The molecule has 6 heteroatoms. The molecule has 0 saturated carbocycles. The summed E-state index contributed by atoms with van der Waals surface area (Å²) in [5.74, 6) is -0.656. The Morgan fingerprint density at radius 2 is 2.29 bits per heavy atom. The second kappa shape index (κ2) is 4.37. The molecule has 4 atom stereocenters. The second-order valence-electron chi connectivity index (χ2n) is 2.99. The van der Waals surface area contributed by atoms with Gasteiger partial charge in [-0.15, -0.1) is 0 Å². The van der Waals surface area contributed by atoms with E-state index >= 15 is 0 Å². The number of aliphatic hydroxyl groups is 2. The van der Waals surface area contributed by atoms with Gasteiger partial charge in [-0.3, -0.25) is 0 Å². The first-order valence-electron chi connectivity index (χ1n) is 4.09. The van der Waals surface area contributed by atoms with Crippen molar-refractivity contribution in [3.05, 3.63) is 0 Å². The van der Waals surface area contributed by atoms with Crippen LogP contribution in [0, 0.1) is 11.3 Å². The minimum Gasteiger partial charge on any atom is -0.467 e. The Morgan fingerprint density at radius 3 is 2.79 bits per heavy atom. The van der Waals surface area contributed by atoms with Gasteiger partial charge in [-0.1, -0.05) is 0 Å². The van der Waals surface area contributed by atoms with Crippen molar-refractivity contribution in [1.29, 1.82) is 5.26 Å². The summed E-state index contributed by atoms with van der Waals surface area (Å²) in [5.41, 5.74) is 0. The molecule has 78 valence electrons. The molecule has 0 radical (unpaired) electrons. The summed E-state index contributed by atoms with van der Waals surface area (Å²) in [4.78, 5) is 11.0. The molecule has 1 aliphatic rings. The van der Waals surface area contributed by atoms with E-state index in [2.05, 4.69) is 4.74 Å². The first-order chi connectivity index (χ1) is 6.60. The van der Waals surface area contributed by atoms with Gasteiger partial charge in [0.05, 0.1) is 19.3 Å². The van der Waals surface area contributed by atoms with Crippen molar-refractivity contribution in [2.45, 2.75) is 30.8 Å². The monoisotopic (exact) mass is 201 g/mol. The minimum atomic E-state index is -1.28. The van der Waals surface area contributed by atoms with E-state index in [0.29, 0.717) is 0 Å². The van der Waals surface area contributed by atoms with Crippen LogP contribution in [0.3, 0.4) is 0 Å². The number of aliphatic hydroxyl groups excluding tert-OH is 2. The van der Waals surface area contributed by atoms with Crippen LogP contribution < -0.4 is 0 Å². The molecule has 0 aromatic heterocycles. The highest BCUT2D eigenvalue weighted by atomic mass is 16.6. The van der Waals surface area contributed by atoms with Gasteiger partial charge >= 0.3 is 5.97 Å². The van der Waals surface area contributed by atoms with Gasteiger partial charge in [0.25, 0.3) is 0 Å². The van der Waals surface area contributed by atoms with E-state index in [1.54, 1.807) is 6.07 Å². The van der Waals surface area contributed by atoms with Crippen LogP contribution in [0.25, 0.3) is 0 Å². The smallest absolute Gasteiger partial charge is 0.335 e. The summed E-state index contributed by atoms with van der Waals surface area (Å²) in [6, 6.07) is 1.65. The van der Waals surface area contributed by atoms with Gasteiger partial charge < -0.3 is 19.7 Å². The zero-order valence-electron chi connectivity index (χ0n) is 7.58. The SMILES string of the molecule is COC(=O)[C@@H]1C[C@H](O)[C@H](O)[C@@H](C#N)O1. The molecule has 0 aromatic carbocycles. The van der Waals surface area contributed by atoms with Crippen molar-refractivity contribution in [3.8, 4) is 6.07 Å². The van der Waals surface area contributed by atoms with E-state index in [1.165, 1.54) is 7.11 Å². The Labute approximate surface area is 80.7 Å². The Kier molecular flexibility index (Phi) is 3.41. The molecule has 1 rings (SSSR count). The van der Waals surface area contributed by atoms with Crippen molar-refractivity contribution in [3.63, 3.8) is 0 Å². The zero-order chi connectivity index (χ0) is 10.7. The van der Waals surface area contributed by atoms with E-state index in [9.17, 15) is 15.0 Å². The average Bonchev–Trinajstić information content (AvgIpc) is 2.20. The lowest BCUT2D eigenvalue weighted by molar-refractivity contribution is -0.182. The third kappa shape index (κ3) is 2.01. The molecule has 14 heavy (non-hydrogen) atoms.